The molecule has 1 amide bonds. The predicted octanol–water partition coefficient (Wildman–Crippen LogP) is 1.95. The number of amides is 1. The lowest BCUT2D eigenvalue weighted by Crippen LogP contribution is -2.30. The molecule has 2 N–H and O–H groups in total. The lowest BCUT2D eigenvalue weighted by atomic mass is 10.0. The second-order valence-corrected chi connectivity index (χ2v) is 4.41. The first-order chi connectivity index (χ1) is 7.11. The molecular formula is C12H25NO2. The van der Waals surface area contributed by atoms with Crippen LogP contribution >= 0.6 is 0 Å². The van der Waals surface area contributed by atoms with E-state index in [1.54, 1.807) is 0 Å². The Bertz CT molecular complexity index is 171. The van der Waals surface area contributed by atoms with Crippen molar-refractivity contribution in [3.8, 4) is 0 Å². The maximum atomic E-state index is 11.5. The molecule has 0 saturated carbocycles. The van der Waals surface area contributed by atoms with Gasteiger partial charge in [-0.3, -0.25) is 4.79 Å². The fourth-order valence-electron chi connectivity index (χ4n) is 1.49. The van der Waals surface area contributed by atoms with Crippen LogP contribution in [0.5, 0.6) is 0 Å². The summed E-state index contributed by atoms with van der Waals surface area (Å²) in [4.78, 5) is 11.5. The topological polar surface area (TPSA) is 49.3 Å². The summed E-state index contributed by atoms with van der Waals surface area (Å²) in [6.07, 6.45) is 3.93. The molecule has 2 atom stereocenters. The van der Waals surface area contributed by atoms with Gasteiger partial charge in [0.2, 0.25) is 5.91 Å². The fraction of sp³-hybridized carbons (Fsp3) is 0.917. The lowest BCUT2D eigenvalue weighted by molar-refractivity contribution is -0.124. The molecule has 0 radical (unpaired) electrons. The second-order valence-electron chi connectivity index (χ2n) is 4.41. The van der Waals surface area contributed by atoms with E-state index < -0.39 is 0 Å². The van der Waals surface area contributed by atoms with Gasteiger partial charge in [-0.2, -0.15) is 0 Å². The van der Waals surface area contributed by atoms with Crippen LogP contribution in [0.1, 0.15) is 46.5 Å². The van der Waals surface area contributed by atoms with Crippen LogP contribution in [0.3, 0.4) is 0 Å². The van der Waals surface area contributed by atoms with Crippen molar-refractivity contribution in [1.82, 2.24) is 5.32 Å². The molecule has 0 spiro atoms. The zero-order valence-electron chi connectivity index (χ0n) is 10.3. The first-order valence-corrected chi connectivity index (χ1v) is 6.00. The summed E-state index contributed by atoms with van der Waals surface area (Å²) in [5.74, 6) is 0.633. The first-order valence-electron chi connectivity index (χ1n) is 6.00. The van der Waals surface area contributed by atoms with Crippen LogP contribution in [0.15, 0.2) is 0 Å². The number of carbonyl (C=O) groups excluding carboxylic acids is 1. The molecule has 0 heterocycles. The van der Waals surface area contributed by atoms with Crippen LogP contribution in [0.4, 0.5) is 0 Å². The fourth-order valence-corrected chi connectivity index (χ4v) is 1.49. The number of aliphatic hydroxyl groups excluding tert-OH is 1. The summed E-state index contributed by atoms with van der Waals surface area (Å²) in [6.45, 7) is 7.04. The SMILES string of the molecule is CCCC(C)C(=O)NCCCC(C)CO. The number of hydrogen-bond donors (Lipinski definition) is 2. The average molecular weight is 215 g/mol. The molecule has 0 aromatic rings. The largest absolute Gasteiger partial charge is 0.396 e. The molecule has 0 aliphatic carbocycles. The maximum absolute atomic E-state index is 11.5. The van der Waals surface area contributed by atoms with Gasteiger partial charge in [0.15, 0.2) is 0 Å². The second kappa shape index (κ2) is 8.72. The van der Waals surface area contributed by atoms with E-state index in [9.17, 15) is 4.79 Å². The van der Waals surface area contributed by atoms with Crippen molar-refractivity contribution in [3.63, 3.8) is 0 Å². The molecule has 2 unspecified atom stereocenters. The quantitative estimate of drug-likeness (QED) is 0.608. The van der Waals surface area contributed by atoms with E-state index in [0.29, 0.717) is 5.92 Å². The minimum atomic E-state index is 0.130. The number of rotatable bonds is 8. The Morgan fingerprint density at radius 3 is 2.53 bits per heavy atom. The predicted molar refractivity (Wildman–Crippen MR) is 62.6 cm³/mol. The lowest BCUT2D eigenvalue weighted by Gasteiger charge is -2.12. The van der Waals surface area contributed by atoms with Crippen molar-refractivity contribution >= 4 is 5.91 Å². The van der Waals surface area contributed by atoms with Crippen molar-refractivity contribution in [3.05, 3.63) is 0 Å². The monoisotopic (exact) mass is 215 g/mol. The third-order valence-electron chi connectivity index (χ3n) is 2.65. The van der Waals surface area contributed by atoms with Crippen LogP contribution in [-0.2, 0) is 4.79 Å². The molecule has 0 saturated heterocycles. The number of carbonyl (C=O) groups is 1. The van der Waals surface area contributed by atoms with Gasteiger partial charge < -0.3 is 10.4 Å². The molecule has 0 aromatic carbocycles. The van der Waals surface area contributed by atoms with Gasteiger partial charge in [-0.25, -0.2) is 0 Å². The van der Waals surface area contributed by atoms with Gasteiger partial charge in [-0.1, -0.05) is 27.2 Å². The number of hydrogen-bond acceptors (Lipinski definition) is 2. The Morgan fingerprint density at radius 1 is 1.33 bits per heavy atom. The third-order valence-corrected chi connectivity index (χ3v) is 2.65. The van der Waals surface area contributed by atoms with Gasteiger partial charge in [-0.05, 0) is 25.2 Å². The van der Waals surface area contributed by atoms with Gasteiger partial charge in [0.25, 0.3) is 0 Å². The highest BCUT2D eigenvalue weighted by atomic mass is 16.3. The van der Waals surface area contributed by atoms with Gasteiger partial charge >= 0.3 is 0 Å². The van der Waals surface area contributed by atoms with Crippen LogP contribution in [0, 0.1) is 11.8 Å². The maximum Gasteiger partial charge on any atom is 0.222 e. The Kier molecular flexibility index (Phi) is 8.38. The molecule has 90 valence electrons. The summed E-state index contributed by atoms with van der Waals surface area (Å²) in [6, 6.07) is 0. The molecule has 3 heteroatoms. The van der Waals surface area contributed by atoms with E-state index >= 15 is 0 Å². The Hall–Kier alpha value is -0.570. The van der Waals surface area contributed by atoms with Crippen LogP contribution < -0.4 is 5.32 Å². The Morgan fingerprint density at radius 2 is 2.00 bits per heavy atom. The van der Waals surface area contributed by atoms with Gasteiger partial charge in [0, 0.05) is 19.1 Å². The van der Waals surface area contributed by atoms with Gasteiger partial charge in [0.1, 0.15) is 0 Å². The molecular weight excluding hydrogens is 190 g/mol. The summed E-state index contributed by atoms with van der Waals surface area (Å²) in [5, 5.41) is 11.7. The molecule has 3 nitrogen and oxygen atoms in total. The summed E-state index contributed by atoms with van der Waals surface area (Å²) in [7, 11) is 0. The Balaban J connectivity index is 3.46. The molecule has 0 aromatic heterocycles. The summed E-state index contributed by atoms with van der Waals surface area (Å²) < 4.78 is 0. The minimum Gasteiger partial charge on any atom is -0.396 e. The molecule has 0 aliphatic heterocycles. The smallest absolute Gasteiger partial charge is 0.222 e. The van der Waals surface area contributed by atoms with Gasteiger partial charge in [-0.15, -0.1) is 0 Å². The Labute approximate surface area is 93.3 Å². The molecule has 15 heavy (non-hydrogen) atoms. The van der Waals surface area contributed by atoms with Crippen molar-refractivity contribution in [2.45, 2.75) is 46.5 Å². The van der Waals surface area contributed by atoms with Gasteiger partial charge in [0.05, 0.1) is 0 Å². The molecule has 0 aliphatic rings. The zero-order valence-corrected chi connectivity index (χ0v) is 10.3. The van der Waals surface area contributed by atoms with Crippen molar-refractivity contribution in [1.29, 1.82) is 0 Å². The van der Waals surface area contributed by atoms with Crippen LogP contribution in [0.2, 0.25) is 0 Å². The number of nitrogens with one attached hydrogen (secondary N) is 1. The van der Waals surface area contributed by atoms with E-state index in [1.165, 1.54) is 0 Å². The molecule has 0 rings (SSSR count). The van der Waals surface area contributed by atoms with Crippen LogP contribution in [-0.4, -0.2) is 24.2 Å². The molecule has 0 fully saturated rings. The minimum absolute atomic E-state index is 0.130. The average Bonchev–Trinajstić information content (AvgIpc) is 2.23. The number of aliphatic hydroxyl groups is 1. The van der Waals surface area contributed by atoms with E-state index in [-0.39, 0.29) is 18.4 Å². The first kappa shape index (κ1) is 14.4. The van der Waals surface area contributed by atoms with Crippen LogP contribution in [0.25, 0.3) is 0 Å². The highest BCUT2D eigenvalue weighted by Crippen LogP contribution is 2.06. The summed E-state index contributed by atoms with van der Waals surface area (Å²) in [5.41, 5.74) is 0. The highest BCUT2D eigenvalue weighted by Gasteiger charge is 2.10. The van der Waals surface area contributed by atoms with E-state index in [0.717, 1.165) is 32.2 Å². The zero-order chi connectivity index (χ0) is 11.7. The van der Waals surface area contributed by atoms with Crippen molar-refractivity contribution in [2.24, 2.45) is 11.8 Å². The normalized spacial score (nSPS) is 14.7. The van der Waals surface area contributed by atoms with E-state index in [4.69, 9.17) is 5.11 Å². The standard InChI is InChI=1S/C12H25NO2/c1-4-6-11(3)12(15)13-8-5-7-10(2)9-14/h10-11,14H,4-9H2,1-3H3,(H,13,15). The van der Waals surface area contributed by atoms with Crippen molar-refractivity contribution in [2.75, 3.05) is 13.2 Å². The highest BCUT2D eigenvalue weighted by molar-refractivity contribution is 5.78. The van der Waals surface area contributed by atoms with E-state index in [2.05, 4.69) is 12.2 Å². The van der Waals surface area contributed by atoms with E-state index in [1.807, 2.05) is 13.8 Å². The summed E-state index contributed by atoms with van der Waals surface area (Å²) >= 11 is 0. The third kappa shape index (κ3) is 7.37. The molecule has 0 bridgehead atoms. The van der Waals surface area contributed by atoms with Crippen molar-refractivity contribution < 1.29 is 9.90 Å².